The van der Waals surface area contributed by atoms with Crippen molar-refractivity contribution in [3.8, 4) is 5.75 Å². The van der Waals surface area contributed by atoms with Crippen LogP contribution >= 0.6 is 0 Å². The summed E-state index contributed by atoms with van der Waals surface area (Å²) in [7, 11) is 1.71. The maximum atomic E-state index is 12.0. The molecule has 1 aliphatic heterocycles. The molecule has 1 N–H and O–H groups in total. The van der Waals surface area contributed by atoms with E-state index in [1.54, 1.807) is 30.1 Å². The summed E-state index contributed by atoms with van der Waals surface area (Å²) in [6.07, 6.45) is 5.65. The van der Waals surface area contributed by atoms with Crippen LogP contribution in [0.5, 0.6) is 5.75 Å². The highest BCUT2D eigenvalue weighted by molar-refractivity contribution is 5.98. The van der Waals surface area contributed by atoms with Crippen molar-refractivity contribution in [3.05, 3.63) is 30.4 Å². The molecule has 1 aromatic rings. The monoisotopic (exact) mass is 272 g/mol. The third-order valence-corrected chi connectivity index (χ3v) is 3.69. The highest BCUT2D eigenvalue weighted by Gasteiger charge is 2.23. The van der Waals surface area contributed by atoms with Crippen molar-refractivity contribution < 1.29 is 14.3 Å². The molecule has 20 heavy (non-hydrogen) atoms. The number of likely N-dealkylation sites (N-methyl/N-ethyl adjacent to an activating group) is 1. The fourth-order valence-corrected chi connectivity index (χ4v) is 2.43. The molecular formula is C15H16N2O3. The van der Waals surface area contributed by atoms with Crippen molar-refractivity contribution in [2.24, 2.45) is 5.92 Å². The second kappa shape index (κ2) is 5.00. The first-order chi connectivity index (χ1) is 9.65. The van der Waals surface area contributed by atoms with E-state index in [9.17, 15) is 9.59 Å². The van der Waals surface area contributed by atoms with Crippen molar-refractivity contribution in [2.75, 3.05) is 23.9 Å². The van der Waals surface area contributed by atoms with Crippen LogP contribution < -0.4 is 15.0 Å². The molecule has 5 nitrogen and oxygen atoms in total. The first kappa shape index (κ1) is 12.7. The van der Waals surface area contributed by atoms with E-state index in [-0.39, 0.29) is 24.3 Å². The minimum atomic E-state index is -0.0775. The average molecular weight is 272 g/mol. The molecule has 3 rings (SSSR count). The summed E-state index contributed by atoms with van der Waals surface area (Å²) in [6, 6.07) is 5.34. The van der Waals surface area contributed by atoms with Crippen molar-refractivity contribution >= 4 is 23.2 Å². The van der Waals surface area contributed by atoms with Crippen LogP contribution in [0.3, 0.4) is 0 Å². The fourth-order valence-electron chi connectivity index (χ4n) is 2.43. The molecule has 5 heteroatoms. The van der Waals surface area contributed by atoms with Gasteiger partial charge in [0.2, 0.25) is 5.91 Å². The van der Waals surface area contributed by atoms with Crippen LogP contribution in [-0.2, 0) is 9.59 Å². The Labute approximate surface area is 117 Å². The van der Waals surface area contributed by atoms with E-state index >= 15 is 0 Å². The van der Waals surface area contributed by atoms with Gasteiger partial charge in [0, 0.05) is 24.7 Å². The van der Waals surface area contributed by atoms with Crippen molar-refractivity contribution in [1.29, 1.82) is 0 Å². The summed E-state index contributed by atoms with van der Waals surface area (Å²) in [4.78, 5) is 25.1. The lowest BCUT2D eigenvalue weighted by Gasteiger charge is -2.26. The second-order valence-corrected chi connectivity index (χ2v) is 5.05. The zero-order chi connectivity index (χ0) is 14.1. The lowest BCUT2D eigenvalue weighted by molar-refractivity contribution is -0.121. The number of hydrogen-bond acceptors (Lipinski definition) is 3. The molecule has 0 saturated carbocycles. The Morgan fingerprint density at radius 1 is 1.35 bits per heavy atom. The third kappa shape index (κ3) is 2.27. The predicted molar refractivity (Wildman–Crippen MR) is 75.8 cm³/mol. The van der Waals surface area contributed by atoms with Gasteiger partial charge in [-0.2, -0.15) is 0 Å². The molecule has 2 amide bonds. The smallest absolute Gasteiger partial charge is 0.264 e. The molecule has 0 spiro atoms. The number of nitrogens with one attached hydrogen (secondary N) is 1. The number of amides is 2. The topological polar surface area (TPSA) is 58.6 Å². The number of fused-ring (bicyclic) bond motifs is 1. The van der Waals surface area contributed by atoms with Gasteiger partial charge in [0.1, 0.15) is 5.75 Å². The first-order valence-corrected chi connectivity index (χ1v) is 6.64. The van der Waals surface area contributed by atoms with Gasteiger partial charge >= 0.3 is 0 Å². The van der Waals surface area contributed by atoms with Crippen LogP contribution in [0.2, 0.25) is 0 Å². The van der Waals surface area contributed by atoms with Gasteiger partial charge in [-0.15, -0.1) is 0 Å². The van der Waals surface area contributed by atoms with E-state index < -0.39 is 0 Å². The molecule has 0 fully saturated rings. The van der Waals surface area contributed by atoms with E-state index in [1.807, 2.05) is 12.2 Å². The van der Waals surface area contributed by atoms with E-state index in [0.29, 0.717) is 11.4 Å². The average Bonchev–Trinajstić information content (AvgIpc) is 2.97. The molecule has 0 atom stereocenters. The Bertz CT molecular complexity index is 587. The molecular weight excluding hydrogens is 256 g/mol. The minimum Gasteiger partial charge on any atom is -0.481 e. The van der Waals surface area contributed by atoms with Crippen LogP contribution in [0.15, 0.2) is 30.4 Å². The van der Waals surface area contributed by atoms with Gasteiger partial charge in [0.25, 0.3) is 5.91 Å². The number of allylic oxidation sites excluding steroid dienone is 2. The van der Waals surface area contributed by atoms with Crippen LogP contribution in [-0.4, -0.2) is 25.5 Å². The van der Waals surface area contributed by atoms with Gasteiger partial charge in [-0.1, -0.05) is 12.2 Å². The molecule has 0 bridgehead atoms. The fraction of sp³-hybridized carbons (Fsp3) is 0.333. The summed E-state index contributed by atoms with van der Waals surface area (Å²) in [5.41, 5.74) is 1.42. The van der Waals surface area contributed by atoms with Gasteiger partial charge in [-0.25, -0.2) is 0 Å². The number of benzene rings is 1. The molecule has 1 aromatic carbocycles. The number of ether oxygens (including phenoxy) is 1. The number of rotatable bonds is 2. The summed E-state index contributed by atoms with van der Waals surface area (Å²) in [6.45, 7) is 0.0352. The molecule has 0 saturated heterocycles. The Morgan fingerprint density at radius 2 is 2.10 bits per heavy atom. The number of carbonyl (C=O) groups is 2. The second-order valence-electron chi connectivity index (χ2n) is 5.05. The highest BCUT2D eigenvalue weighted by atomic mass is 16.5. The van der Waals surface area contributed by atoms with Gasteiger partial charge in [-0.3, -0.25) is 9.59 Å². The summed E-state index contributed by atoms with van der Waals surface area (Å²) in [5.74, 6) is 0.590. The molecule has 104 valence electrons. The summed E-state index contributed by atoms with van der Waals surface area (Å²) in [5, 5.41) is 2.90. The van der Waals surface area contributed by atoms with E-state index in [2.05, 4.69) is 5.32 Å². The van der Waals surface area contributed by atoms with Crippen LogP contribution in [0.1, 0.15) is 12.8 Å². The molecule has 0 aromatic heterocycles. The lowest BCUT2D eigenvalue weighted by atomic mass is 10.1. The lowest BCUT2D eigenvalue weighted by Crippen LogP contribution is -2.35. The largest absolute Gasteiger partial charge is 0.481 e. The summed E-state index contributed by atoms with van der Waals surface area (Å²) >= 11 is 0. The standard InChI is InChI=1S/C15H16N2O3/c1-17-12-7-6-11(8-13(12)20-9-14(17)18)16-15(19)10-4-2-3-5-10/h2-3,6-8,10H,4-5,9H2,1H3,(H,16,19). The number of hydrogen-bond donors (Lipinski definition) is 1. The van der Waals surface area contributed by atoms with E-state index in [1.165, 1.54) is 0 Å². The third-order valence-electron chi connectivity index (χ3n) is 3.69. The number of carbonyl (C=O) groups excluding carboxylic acids is 2. The highest BCUT2D eigenvalue weighted by Crippen LogP contribution is 2.34. The van der Waals surface area contributed by atoms with Crippen LogP contribution in [0.4, 0.5) is 11.4 Å². The Morgan fingerprint density at radius 3 is 2.85 bits per heavy atom. The minimum absolute atomic E-state index is 0.0233. The zero-order valence-corrected chi connectivity index (χ0v) is 11.3. The van der Waals surface area contributed by atoms with Crippen molar-refractivity contribution in [3.63, 3.8) is 0 Å². The number of anilines is 2. The van der Waals surface area contributed by atoms with Gasteiger partial charge in [0.05, 0.1) is 5.69 Å². The molecule has 1 heterocycles. The summed E-state index contributed by atoms with van der Waals surface area (Å²) < 4.78 is 5.40. The molecule has 0 radical (unpaired) electrons. The van der Waals surface area contributed by atoms with E-state index in [4.69, 9.17) is 4.74 Å². The van der Waals surface area contributed by atoms with Crippen molar-refractivity contribution in [2.45, 2.75) is 12.8 Å². The van der Waals surface area contributed by atoms with E-state index in [0.717, 1.165) is 18.5 Å². The van der Waals surface area contributed by atoms with Crippen molar-refractivity contribution in [1.82, 2.24) is 0 Å². The Balaban J connectivity index is 1.75. The van der Waals surface area contributed by atoms with Gasteiger partial charge < -0.3 is 15.0 Å². The normalized spacial score (nSPS) is 17.9. The molecule has 1 aliphatic carbocycles. The van der Waals surface area contributed by atoms with Gasteiger partial charge in [-0.05, 0) is 25.0 Å². The maximum Gasteiger partial charge on any atom is 0.264 e. The Kier molecular flexibility index (Phi) is 3.18. The number of nitrogens with zero attached hydrogens (tertiary/aromatic N) is 1. The molecule has 0 unspecified atom stereocenters. The Hall–Kier alpha value is -2.30. The molecule has 2 aliphatic rings. The zero-order valence-electron chi connectivity index (χ0n) is 11.3. The SMILES string of the molecule is CN1C(=O)COc2cc(NC(=O)C3CC=CC3)ccc21. The van der Waals surface area contributed by atoms with Crippen LogP contribution in [0, 0.1) is 5.92 Å². The first-order valence-electron chi connectivity index (χ1n) is 6.64. The quantitative estimate of drug-likeness (QED) is 0.837. The maximum absolute atomic E-state index is 12.0. The van der Waals surface area contributed by atoms with Crippen LogP contribution in [0.25, 0.3) is 0 Å². The predicted octanol–water partition coefficient (Wildman–Crippen LogP) is 1.95. The van der Waals surface area contributed by atoms with Gasteiger partial charge in [0.15, 0.2) is 6.61 Å².